The summed E-state index contributed by atoms with van der Waals surface area (Å²) in [6, 6.07) is 21.4. The monoisotopic (exact) mass is 433 g/mol. The molecule has 0 aliphatic rings. The van der Waals surface area contributed by atoms with Crippen molar-refractivity contribution in [2.45, 2.75) is 13.0 Å². The van der Waals surface area contributed by atoms with E-state index in [0.717, 1.165) is 11.1 Å². The number of carbonyl (C=O) groups is 1. The van der Waals surface area contributed by atoms with E-state index in [0.29, 0.717) is 27.3 Å². The minimum Gasteiger partial charge on any atom is -0.484 e. The Labute approximate surface area is 184 Å². The molecule has 1 atom stereocenters. The summed E-state index contributed by atoms with van der Waals surface area (Å²) >= 11 is 5.92. The molecular formula is C25H20ClNO4. The van der Waals surface area contributed by atoms with Crippen molar-refractivity contribution in [3.8, 4) is 16.9 Å². The molecule has 6 heteroatoms. The number of carbonyl (C=O) groups excluding carboxylic acids is 1. The molecule has 0 saturated heterocycles. The molecule has 0 saturated carbocycles. The van der Waals surface area contributed by atoms with E-state index >= 15 is 0 Å². The van der Waals surface area contributed by atoms with E-state index in [4.69, 9.17) is 20.8 Å². The highest BCUT2D eigenvalue weighted by atomic mass is 35.5. The number of hydrogen-bond acceptors (Lipinski definition) is 4. The van der Waals surface area contributed by atoms with Crippen LogP contribution in [0.4, 0.5) is 0 Å². The Balaban J connectivity index is 1.46. The van der Waals surface area contributed by atoms with Crippen LogP contribution in [0.1, 0.15) is 18.5 Å². The largest absolute Gasteiger partial charge is 0.484 e. The molecule has 0 spiro atoms. The van der Waals surface area contributed by atoms with Crippen molar-refractivity contribution in [1.82, 2.24) is 5.32 Å². The van der Waals surface area contributed by atoms with E-state index in [9.17, 15) is 9.59 Å². The average Bonchev–Trinajstić information content (AvgIpc) is 2.79. The van der Waals surface area contributed by atoms with E-state index in [1.807, 2.05) is 37.3 Å². The van der Waals surface area contributed by atoms with Gasteiger partial charge < -0.3 is 14.5 Å². The zero-order chi connectivity index (χ0) is 21.8. The Morgan fingerprint density at radius 2 is 1.81 bits per heavy atom. The number of nitrogens with one attached hydrogen (secondary N) is 1. The van der Waals surface area contributed by atoms with Gasteiger partial charge in [0.15, 0.2) is 12.0 Å². The van der Waals surface area contributed by atoms with Gasteiger partial charge in [-0.3, -0.25) is 9.59 Å². The molecule has 1 heterocycles. The van der Waals surface area contributed by atoms with E-state index in [1.165, 1.54) is 6.26 Å². The zero-order valence-corrected chi connectivity index (χ0v) is 17.6. The van der Waals surface area contributed by atoms with Gasteiger partial charge in [0, 0.05) is 11.1 Å². The highest BCUT2D eigenvalue weighted by Gasteiger charge is 2.12. The number of benzene rings is 3. The van der Waals surface area contributed by atoms with Gasteiger partial charge in [-0.15, -0.1) is 0 Å². The Hall–Kier alpha value is -3.57. The minimum atomic E-state index is -0.240. The fourth-order valence-electron chi connectivity index (χ4n) is 3.28. The number of amides is 1. The predicted molar refractivity (Wildman–Crippen MR) is 121 cm³/mol. The molecule has 4 aromatic rings. The number of hydrogen-bond donors (Lipinski definition) is 1. The maximum atomic E-state index is 12.8. The van der Waals surface area contributed by atoms with Crippen molar-refractivity contribution in [1.29, 1.82) is 0 Å². The molecule has 3 aromatic carbocycles. The normalized spacial score (nSPS) is 11.8. The Bertz CT molecular complexity index is 1270. The molecular weight excluding hydrogens is 414 g/mol. The Kier molecular flexibility index (Phi) is 6.05. The third-order valence-corrected chi connectivity index (χ3v) is 5.20. The van der Waals surface area contributed by atoms with Crippen LogP contribution in [0.25, 0.3) is 22.1 Å². The van der Waals surface area contributed by atoms with Crippen LogP contribution in [0.5, 0.6) is 5.75 Å². The van der Waals surface area contributed by atoms with Gasteiger partial charge in [-0.2, -0.15) is 0 Å². The molecule has 31 heavy (non-hydrogen) atoms. The van der Waals surface area contributed by atoms with Gasteiger partial charge in [0.1, 0.15) is 17.6 Å². The molecule has 1 N–H and O–H groups in total. The van der Waals surface area contributed by atoms with E-state index < -0.39 is 0 Å². The first kappa shape index (κ1) is 20.7. The second-order valence-corrected chi connectivity index (χ2v) is 7.57. The van der Waals surface area contributed by atoms with Gasteiger partial charge in [-0.1, -0.05) is 54.1 Å². The van der Waals surface area contributed by atoms with Gasteiger partial charge in [0.25, 0.3) is 5.91 Å². The van der Waals surface area contributed by atoms with E-state index in [-0.39, 0.29) is 24.0 Å². The number of rotatable bonds is 6. The van der Waals surface area contributed by atoms with Crippen LogP contribution in [0.15, 0.2) is 88.3 Å². The second-order valence-electron chi connectivity index (χ2n) is 7.13. The maximum absolute atomic E-state index is 12.8. The number of fused-ring (bicyclic) bond motifs is 1. The van der Waals surface area contributed by atoms with Crippen LogP contribution >= 0.6 is 11.6 Å². The zero-order valence-electron chi connectivity index (χ0n) is 16.8. The standard InChI is InChI=1S/C25H20ClNO4/c1-16(17-5-3-2-4-6-17)27-24(28)15-30-20-11-12-21-23(13-20)31-14-22(25(21)29)18-7-9-19(26)10-8-18/h2-14,16H,15H2,1H3,(H,27,28)/t16-/m0/s1. The van der Waals surface area contributed by atoms with Gasteiger partial charge in [0.05, 0.1) is 17.0 Å². The summed E-state index contributed by atoms with van der Waals surface area (Å²) < 4.78 is 11.3. The predicted octanol–water partition coefficient (Wildman–Crippen LogP) is 5.37. The summed E-state index contributed by atoms with van der Waals surface area (Å²) in [4.78, 5) is 25.1. The molecule has 0 aliphatic carbocycles. The van der Waals surface area contributed by atoms with E-state index in [2.05, 4.69) is 5.32 Å². The lowest BCUT2D eigenvalue weighted by molar-refractivity contribution is -0.123. The molecule has 0 bridgehead atoms. The van der Waals surface area contributed by atoms with Crippen LogP contribution in [-0.2, 0) is 4.79 Å². The lowest BCUT2D eigenvalue weighted by Crippen LogP contribution is -2.31. The first-order valence-electron chi connectivity index (χ1n) is 9.80. The Morgan fingerprint density at radius 3 is 2.55 bits per heavy atom. The fourth-order valence-corrected chi connectivity index (χ4v) is 3.41. The van der Waals surface area contributed by atoms with Crippen molar-refractivity contribution >= 4 is 28.5 Å². The molecule has 156 valence electrons. The molecule has 1 aromatic heterocycles. The van der Waals surface area contributed by atoms with E-state index in [1.54, 1.807) is 42.5 Å². The molecule has 5 nitrogen and oxygen atoms in total. The second kappa shape index (κ2) is 9.06. The van der Waals surface area contributed by atoms with Crippen LogP contribution in [-0.4, -0.2) is 12.5 Å². The summed E-state index contributed by atoms with van der Waals surface area (Å²) in [5.74, 6) is 0.202. The van der Waals surface area contributed by atoms with Gasteiger partial charge in [0.2, 0.25) is 0 Å². The van der Waals surface area contributed by atoms with Crippen LogP contribution < -0.4 is 15.5 Å². The smallest absolute Gasteiger partial charge is 0.258 e. The van der Waals surface area contributed by atoms with Crippen LogP contribution in [0.2, 0.25) is 5.02 Å². The lowest BCUT2D eigenvalue weighted by Gasteiger charge is -2.14. The highest BCUT2D eigenvalue weighted by Crippen LogP contribution is 2.24. The highest BCUT2D eigenvalue weighted by molar-refractivity contribution is 6.30. The topological polar surface area (TPSA) is 68.5 Å². The summed E-state index contributed by atoms with van der Waals surface area (Å²) in [6.45, 7) is 1.77. The minimum absolute atomic E-state index is 0.127. The van der Waals surface area contributed by atoms with Crippen molar-refractivity contribution in [3.63, 3.8) is 0 Å². The summed E-state index contributed by atoms with van der Waals surface area (Å²) in [6.07, 6.45) is 1.42. The summed E-state index contributed by atoms with van der Waals surface area (Å²) in [5.41, 5.74) is 2.43. The fraction of sp³-hybridized carbons (Fsp3) is 0.120. The van der Waals surface area contributed by atoms with Crippen molar-refractivity contribution in [3.05, 3.63) is 99.9 Å². The SMILES string of the molecule is C[C@H](NC(=O)COc1ccc2c(=O)c(-c3ccc(Cl)cc3)coc2c1)c1ccccc1. The van der Waals surface area contributed by atoms with Crippen LogP contribution in [0, 0.1) is 0 Å². The molecule has 1 amide bonds. The third-order valence-electron chi connectivity index (χ3n) is 4.95. The van der Waals surface area contributed by atoms with Crippen molar-refractivity contribution < 1.29 is 13.9 Å². The first-order valence-corrected chi connectivity index (χ1v) is 10.2. The Morgan fingerprint density at radius 1 is 1.06 bits per heavy atom. The van der Waals surface area contributed by atoms with Crippen molar-refractivity contribution in [2.24, 2.45) is 0 Å². The maximum Gasteiger partial charge on any atom is 0.258 e. The summed E-state index contributed by atoms with van der Waals surface area (Å²) in [5, 5.41) is 3.92. The molecule has 0 radical (unpaired) electrons. The summed E-state index contributed by atoms with van der Waals surface area (Å²) in [7, 11) is 0. The van der Waals surface area contributed by atoms with Crippen molar-refractivity contribution in [2.75, 3.05) is 6.61 Å². The molecule has 4 rings (SSSR count). The van der Waals surface area contributed by atoms with Gasteiger partial charge in [-0.05, 0) is 42.3 Å². The first-order chi connectivity index (χ1) is 15.0. The molecule has 0 fully saturated rings. The lowest BCUT2D eigenvalue weighted by atomic mass is 10.1. The molecule has 0 aliphatic heterocycles. The quantitative estimate of drug-likeness (QED) is 0.444. The van der Waals surface area contributed by atoms with Gasteiger partial charge >= 0.3 is 0 Å². The van der Waals surface area contributed by atoms with Gasteiger partial charge in [-0.25, -0.2) is 0 Å². The number of ether oxygens (including phenoxy) is 1. The third kappa shape index (κ3) is 4.78. The van der Waals surface area contributed by atoms with Crippen LogP contribution in [0.3, 0.4) is 0 Å². The molecule has 0 unspecified atom stereocenters. The average molecular weight is 434 g/mol. The number of halogens is 1.